The monoisotopic (exact) mass is 162 g/mol. The van der Waals surface area contributed by atoms with Crippen LogP contribution >= 0.6 is 0 Å². The Kier molecular flexibility index (Phi) is 93.4. The van der Waals surface area contributed by atoms with E-state index >= 15 is 0 Å². The van der Waals surface area contributed by atoms with Crippen molar-refractivity contribution in [2.45, 2.75) is 0 Å². The van der Waals surface area contributed by atoms with Crippen molar-refractivity contribution in [2.75, 3.05) is 0 Å². The minimum atomic E-state index is -3.11. The van der Waals surface area contributed by atoms with Crippen molar-refractivity contribution >= 4 is 11.4 Å². The van der Waals surface area contributed by atoms with E-state index in [1.807, 2.05) is 0 Å². The second-order valence-electron chi connectivity index (χ2n) is 0.204. The van der Waals surface area contributed by atoms with Crippen molar-refractivity contribution < 1.29 is 83.4 Å². The summed E-state index contributed by atoms with van der Waals surface area (Å²) in [7, 11) is 0. The average Bonchev–Trinajstić information content (AvgIpc) is 0.811. The summed E-state index contributed by atoms with van der Waals surface area (Å²) in [4.78, 5) is 0. The van der Waals surface area contributed by atoms with Gasteiger partial charge in [-0.1, -0.05) is 0 Å². The molecular weight excluding hydrogens is 158 g/mol. The molecule has 0 aliphatic carbocycles. The predicted molar refractivity (Wildman–Crippen MR) is 16.9 cm³/mol. The fourth-order valence-electron chi connectivity index (χ4n) is 0. The summed E-state index contributed by atoms with van der Waals surface area (Å²) in [5, 5.41) is 0. The maximum Gasteiger partial charge on any atom is 1.00 e. The van der Waals surface area contributed by atoms with Crippen LogP contribution in [0.15, 0.2) is 0 Å². The number of hydrogen-bond donors (Lipinski definition) is 0. The van der Waals surface area contributed by atoms with Gasteiger partial charge in [-0.15, -0.1) is 11.4 Å². The summed E-state index contributed by atoms with van der Waals surface area (Å²) in [5.41, 5.74) is 0. The van der Waals surface area contributed by atoms with Gasteiger partial charge in [0.25, 0.3) is 0 Å². The van der Waals surface area contributed by atoms with Gasteiger partial charge in [-0.05, 0) is 0 Å². The molecule has 0 heterocycles. The van der Waals surface area contributed by atoms with Crippen LogP contribution in [0.5, 0.6) is 0 Å². The fraction of sp³-hybridized carbons (Fsp3) is 0. The minimum absolute atomic E-state index is 0. The van der Waals surface area contributed by atoms with E-state index in [9.17, 15) is 0 Å². The van der Waals surface area contributed by atoms with Gasteiger partial charge in [-0.2, -0.15) is 0 Å². The molecule has 8 heteroatoms. The molecule has 8 heavy (non-hydrogen) atoms. The van der Waals surface area contributed by atoms with Gasteiger partial charge in [0, 0.05) is 0 Å². The molecular formula is H4Na2O5S. The molecule has 0 bridgehead atoms. The Morgan fingerprint density at radius 1 is 1.00 bits per heavy atom. The summed E-state index contributed by atoms with van der Waals surface area (Å²) in [5.74, 6) is 0. The summed E-state index contributed by atoms with van der Waals surface area (Å²) in [6.07, 6.45) is 0. The van der Waals surface area contributed by atoms with Gasteiger partial charge in [0.2, 0.25) is 0 Å². The molecule has 0 spiro atoms. The molecule has 0 saturated heterocycles. The molecule has 0 saturated carbocycles. The van der Waals surface area contributed by atoms with E-state index in [0.717, 1.165) is 0 Å². The molecule has 0 aromatic heterocycles. The molecule has 0 radical (unpaired) electrons. The SMILES string of the molecule is O.O.O=S([O-])[O-].[Na+].[Na+]. The molecule has 0 aliphatic heterocycles. The maximum atomic E-state index is 8.44. The van der Waals surface area contributed by atoms with E-state index in [2.05, 4.69) is 0 Å². The first kappa shape index (κ1) is 32.4. The van der Waals surface area contributed by atoms with E-state index in [4.69, 9.17) is 13.3 Å². The van der Waals surface area contributed by atoms with Gasteiger partial charge in [0.15, 0.2) is 0 Å². The van der Waals surface area contributed by atoms with Crippen LogP contribution < -0.4 is 59.1 Å². The topological polar surface area (TPSA) is 126 Å². The Labute approximate surface area is 93.5 Å². The number of hydrogen-bond acceptors (Lipinski definition) is 3. The molecule has 0 atom stereocenters. The van der Waals surface area contributed by atoms with Crippen molar-refractivity contribution in [1.82, 2.24) is 0 Å². The van der Waals surface area contributed by atoms with Crippen molar-refractivity contribution in [3.63, 3.8) is 0 Å². The van der Waals surface area contributed by atoms with Gasteiger partial charge in [-0.25, -0.2) is 0 Å². The number of rotatable bonds is 0. The molecule has 0 rings (SSSR count). The summed E-state index contributed by atoms with van der Waals surface area (Å²) < 4.78 is 25.3. The molecule has 5 nitrogen and oxygen atoms in total. The predicted octanol–water partition coefficient (Wildman–Crippen LogP) is -8.65. The van der Waals surface area contributed by atoms with Crippen LogP contribution in [0.1, 0.15) is 0 Å². The molecule has 0 unspecified atom stereocenters. The summed E-state index contributed by atoms with van der Waals surface area (Å²) in [6.45, 7) is 0. The average molecular weight is 162 g/mol. The molecule has 0 aromatic carbocycles. The van der Waals surface area contributed by atoms with Crippen LogP contribution in [0.3, 0.4) is 0 Å². The minimum Gasteiger partial charge on any atom is -0.784 e. The third kappa shape index (κ3) is 98.6. The van der Waals surface area contributed by atoms with E-state index in [-0.39, 0.29) is 70.1 Å². The van der Waals surface area contributed by atoms with Crippen molar-refractivity contribution in [3.8, 4) is 0 Å². The maximum absolute atomic E-state index is 8.44. The second-order valence-corrected chi connectivity index (χ2v) is 0.612. The fourth-order valence-corrected chi connectivity index (χ4v) is 0. The van der Waals surface area contributed by atoms with Crippen LogP contribution in [0.2, 0.25) is 0 Å². The zero-order valence-electron chi connectivity index (χ0n) is 4.63. The first-order valence-electron chi connectivity index (χ1n) is 0.500. The van der Waals surface area contributed by atoms with E-state index in [1.165, 1.54) is 0 Å². The van der Waals surface area contributed by atoms with Gasteiger partial charge in [0.05, 0.1) is 0 Å². The van der Waals surface area contributed by atoms with Crippen LogP contribution in [-0.4, -0.2) is 24.3 Å². The Morgan fingerprint density at radius 2 is 1.00 bits per heavy atom. The Hall–Kier alpha value is 1.99. The van der Waals surface area contributed by atoms with Crippen LogP contribution in [-0.2, 0) is 11.4 Å². The first-order chi connectivity index (χ1) is 1.73. The second kappa shape index (κ2) is 23.0. The van der Waals surface area contributed by atoms with Crippen LogP contribution in [0.4, 0.5) is 0 Å². The van der Waals surface area contributed by atoms with Crippen molar-refractivity contribution in [1.29, 1.82) is 0 Å². The van der Waals surface area contributed by atoms with Gasteiger partial charge in [-0.3, -0.25) is 4.21 Å². The molecule has 0 fully saturated rings. The third-order valence-corrected chi connectivity index (χ3v) is 0. The first-order valence-corrected chi connectivity index (χ1v) is 1.50. The van der Waals surface area contributed by atoms with Crippen LogP contribution in [0.25, 0.3) is 0 Å². The van der Waals surface area contributed by atoms with Crippen molar-refractivity contribution in [2.24, 2.45) is 0 Å². The largest absolute Gasteiger partial charge is 1.00 e. The van der Waals surface area contributed by atoms with E-state index in [0.29, 0.717) is 0 Å². The van der Waals surface area contributed by atoms with Gasteiger partial charge in [0.1, 0.15) is 0 Å². The Balaban J connectivity index is -0.00000000750. The van der Waals surface area contributed by atoms with E-state index in [1.54, 1.807) is 0 Å². The molecule has 0 aromatic rings. The summed E-state index contributed by atoms with van der Waals surface area (Å²) >= 11 is -3.11. The summed E-state index contributed by atoms with van der Waals surface area (Å²) in [6, 6.07) is 0. The molecule has 0 aliphatic rings. The smallest absolute Gasteiger partial charge is 0.784 e. The van der Waals surface area contributed by atoms with Gasteiger partial charge >= 0.3 is 59.1 Å². The normalized spacial score (nSPS) is 4.38. The third-order valence-electron chi connectivity index (χ3n) is 0. The zero-order chi connectivity index (χ0) is 3.58. The Morgan fingerprint density at radius 3 is 1.00 bits per heavy atom. The molecule has 4 N–H and O–H groups in total. The van der Waals surface area contributed by atoms with Crippen molar-refractivity contribution in [3.05, 3.63) is 0 Å². The standard InChI is InChI=1S/2Na.H2O3S.2H2O/c;;1-4(2)3;;/h;;(H2,1,2,3);2*1H2/q2*+1;;;/p-2. The van der Waals surface area contributed by atoms with E-state index < -0.39 is 11.4 Å². The van der Waals surface area contributed by atoms with Crippen LogP contribution in [0, 0.1) is 0 Å². The zero-order valence-corrected chi connectivity index (χ0v) is 9.45. The molecule has 42 valence electrons. The van der Waals surface area contributed by atoms with Gasteiger partial charge < -0.3 is 20.1 Å². The quantitative estimate of drug-likeness (QED) is 0.259. The Bertz CT molecular complexity index is 33.4. The molecule has 0 amide bonds.